The summed E-state index contributed by atoms with van der Waals surface area (Å²) in [6.07, 6.45) is -1.85. The first-order valence-corrected chi connectivity index (χ1v) is 12.6. The predicted octanol–water partition coefficient (Wildman–Crippen LogP) is 5.31. The van der Waals surface area contributed by atoms with Crippen molar-refractivity contribution in [2.75, 3.05) is 6.54 Å². The van der Waals surface area contributed by atoms with E-state index in [9.17, 15) is 31.5 Å². The van der Waals surface area contributed by atoms with Crippen LogP contribution in [-0.2, 0) is 11.3 Å². The highest BCUT2D eigenvalue weighted by Crippen LogP contribution is 2.44. The molecule has 12 heteroatoms. The lowest BCUT2D eigenvalue weighted by Gasteiger charge is -2.36. The second-order valence-corrected chi connectivity index (χ2v) is 10.7. The average Bonchev–Trinajstić information content (AvgIpc) is 3.39. The summed E-state index contributed by atoms with van der Waals surface area (Å²) in [4.78, 5) is 30.4. The van der Waals surface area contributed by atoms with Gasteiger partial charge in [0.25, 0.3) is 0 Å². The van der Waals surface area contributed by atoms with Crippen LogP contribution >= 0.6 is 0 Å². The zero-order valence-corrected chi connectivity index (χ0v) is 20.3. The van der Waals surface area contributed by atoms with Crippen LogP contribution in [-0.4, -0.2) is 46.5 Å². The summed E-state index contributed by atoms with van der Waals surface area (Å²) in [6, 6.07) is 1.65. The summed E-state index contributed by atoms with van der Waals surface area (Å²) >= 11 is 0. The molecule has 0 radical (unpaired) electrons. The van der Waals surface area contributed by atoms with Crippen LogP contribution in [0.25, 0.3) is 11.1 Å². The highest BCUT2D eigenvalue weighted by atomic mass is 19.4. The van der Waals surface area contributed by atoms with Crippen LogP contribution in [0.3, 0.4) is 0 Å². The molecule has 202 valence electrons. The van der Waals surface area contributed by atoms with Crippen LogP contribution in [0.4, 0.5) is 26.7 Å². The first kappa shape index (κ1) is 25.7. The van der Waals surface area contributed by atoms with Crippen LogP contribution in [0.15, 0.2) is 22.6 Å². The Kier molecular flexibility index (Phi) is 6.56. The van der Waals surface area contributed by atoms with Crippen LogP contribution in [0.1, 0.15) is 62.9 Å². The molecule has 3 fully saturated rings. The van der Waals surface area contributed by atoms with Crippen LogP contribution in [0.5, 0.6) is 0 Å². The van der Waals surface area contributed by atoms with Gasteiger partial charge in [0.05, 0.1) is 6.54 Å². The fourth-order valence-electron chi connectivity index (χ4n) is 5.47. The van der Waals surface area contributed by atoms with Gasteiger partial charge in [0.15, 0.2) is 5.58 Å². The molecule has 5 rings (SSSR count). The maximum absolute atomic E-state index is 13.3. The molecule has 1 saturated heterocycles. The molecular weight excluding hydrogens is 499 g/mol. The van der Waals surface area contributed by atoms with Gasteiger partial charge in [-0.2, -0.15) is 13.2 Å². The van der Waals surface area contributed by atoms with Crippen molar-refractivity contribution >= 4 is 23.0 Å². The second-order valence-electron chi connectivity index (χ2n) is 10.7. The minimum absolute atomic E-state index is 0.0346. The van der Waals surface area contributed by atoms with Crippen molar-refractivity contribution in [3.63, 3.8) is 0 Å². The van der Waals surface area contributed by atoms with E-state index in [-0.39, 0.29) is 18.4 Å². The number of carbonyl (C=O) groups excluding carboxylic acids is 2. The first-order valence-electron chi connectivity index (χ1n) is 12.6. The predicted molar refractivity (Wildman–Crippen MR) is 122 cm³/mol. The third kappa shape index (κ3) is 5.52. The Morgan fingerprint density at radius 1 is 1.24 bits per heavy atom. The number of halogens is 5. The van der Waals surface area contributed by atoms with Gasteiger partial charge in [0.2, 0.25) is 17.7 Å². The first-order chi connectivity index (χ1) is 17.4. The largest absolute Gasteiger partial charge is 0.438 e. The maximum atomic E-state index is 13.3. The SMILES string of the molecule is CC1CCC([C@H](NC(=O)C2CC(F)(F)C2)c2nc3cc(CN4C[C@@H](C(F)(F)F)NC4=O)ccc3o2)CC1. The number of carbonyl (C=O) groups is 2. The van der Waals surface area contributed by atoms with E-state index in [1.807, 2.05) is 5.32 Å². The van der Waals surface area contributed by atoms with E-state index < -0.39 is 61.4 Å². The Hall–Kier alpha value is -2.92. The zero-order chi connectivity index (χ0) is 26.5. The van der Waals surface area contributed by atoms with E-state index in [2.05, 4.69) is 17.2 Å². The molecule has 2 saturated carbocycles. The van der Waals surface area contributed by atoms with Gasteiger partial charge in [-0.3, -0.25) is 4.79 Å². The summed E-state index contributed by atoms with van der Waals surface area (Å²) in [6.45, 7) is 1.64. The van der Waals surface area contributed by atoms with Gasteiger partial charge in [-0.15, -0.1) is 0 Å². The number of hydrogen-bond acceptors (Lipinski definition) is 4. The molecule has 1 aliphatic heterocycles. The lowest BCUT2D eigenvalue weighted by Crippen LogP contribution is -2.47. The van der Waals surface area contributed by atoms with Gasteiger partial charge < -0.3 is 20.0 Å². The molecule has 2 aliphatic carbocycles. The van der Waals surface area contributed by atoms with E-state index in [0.717, 1.165) is 30.6 Å². The third-order valence-corrected chi connectivity index (χ3v) is 7.78. The number of amides is 3. The highest BCUT2D eigenvalue weighted by molar-refractivity contribution is 5.80. The molecule has 0 bridgehead atoms. The molecule has 2 aromatic rings. The minimum Gasteiger partial charge on any atom is -0.438 e. The number of urea groups is 1. The number of nitrogens with one attached hydrogen (secondary N) is 2. The van der Waals surface area contributed by atoms with E-state index in [1.165, 1.54) is 0 Å². The summed E-state index contributed by atoms with van der Waals surface area (Å²) in [5.74, 6) is -3.11. The number of hydrogen-bond donors (Lipinski definition) is 2. The third-order valence-electron chi connectivity index (χ3n) is 7.78. The Morgan fingerprint density at radius 3 is 2.57 bits per heavy atom. The lowest BCUT2D eigenvalue weighted by atomic mass is 9.77. The van der Waals surface area contributed by atoms with Crippen molar-refractivity contribution in [3.8, 4) is 0 Å². The summed E-state index contributed by atoms with van der Waals surface area (Å²) in [5, 5.41) is 4.86. The standard InChI is InChI=1S/C25H29F5N4O3/c1-13-2-5-15(6-3-13)20(33-21(35)16-9-24(26,27)10-16)22-31-17-8-14(4-7-18(17)37-22)11-34-12-19(25(28,29)30)32-23(34)36/h4,7-8,13,15-16,19-20H,2-3,5-6,9-12H2,1H3,(H,32,36)(H,33,35)/t13?,15?,19-,20-/m0/s1. The second kappa shape index (κ2) is 9.43. The highest BCUT2D eigenvalue weighted by Gasteiger charge is 2.49. The van der Waals surface area contributed by atoms with Crippen LogP contribution < -0.4 is 10.6 Å². The van der Waals surface area contributed by atoms with Crippen molar-refractivity contribution in [1.29, 1.82) is 0 Å². The van der Waals surface area contributed by atoms with E-state index >= 15 is 0 Å². The molecule has 3 amide bonds. The molecule has 2 heterocycles. The average molecular weight is 529 g/mol. The van der Waals surface area contributed by atoms with Crippen molar-refractivity contribution in [3.05, 3.63) is 29.7 Å². The van der Waals surface area contributed by atoms with Crippen LogP contribution in [0, 0.1) is 17.8 Å². The summed E-state index contributed by atoms with van der Waals surface area (Å²) in [5.41, 5.74) is 1.45. The molecule has 1 aromatic carbocycles. The number of aromatic nitrogens is 1. The Balaban J connectivity index is 1.34. The monoisotopic (exact) mass is 528 g/mol. The van der Waals surface area contributed by atoms with E-state index in [0.29, 0.717) is 22.6 Å². The van der Waals surface area contributed by atoms with Crippen molar-refractivity contribution < 1.29 is 36.0 Å². The molecule has 37 heavy (non-hydrogen) atoms. The molecule has 7 nitrogen and oxygen atoms in total. The van der Waals surface area contributed by atoms with Gasteiger partial charge in [-0.25, -0.2) is 18.6 Å². The molecule has 2 atom stereocenters. The van der Waals surface area contributed by atoms with Gasteiger partial charge >= 0.3 is 12.2 Å². The summed E-state index contributed by atoms with van der Waals surface area (Å²) < 4.78 is 71.6. The minimum atomic E-state index is -4.53. The molecule has 3 aliphatic rings. The number of fused-ring (bicyclic) bond motifs is 1. The van der Waals surface area contributed by atoms with Crippen molar-refractivity contribution in [2.45, 2.75) is 76.2 Å². The topological polar surface area (TPSA) is 87.5 Å². The van der Waals surface area contributed by atoms with Gasteiger partial charge in [0, 0.05) is 25.3 Å². The number of nitrogens with zero attached hydrogens (tertiary/aromatic N) is 2. The zero-order valence-electron chi connectivity index (χ0n) is 20.3. The Labute approximate surface area is 210 Å². The lowest BCUT2D eigenvalue weighted by molar-refractivity contribution is -0.151. The van der Waals surface area contributed by atoms with Gasteiger partial charge in [-0.1, -0.05) is 25.8 Å². The quantitative estimate of drug-likeness (QED) is 0.498. The molecule has 0 unspecified atom stereocenters. The Morgan fingerprint density at radius 2 is 1.95 bits per heavy atom. The van der Waals surface area contributed by atoms with E-state index in [4.69, 9.17) is 4.42 Å². The fourth-order valence-corrected chi connectivity index (χ4v) is 5.47. The fraction of sp³-hybridized carbons (Fsp3) is 0.640. The molecule has 0 spiro atoms. The number of oxazole rings is 1. The molecule has 1 aromatic heterocycles. The summed E-state index contributed by atoms with van der Waals surface area (Å²) in [7, 11) is 0. The Bertz CT molecular complexity index is 1170. The van der Waals surface area contributed by atoms with Crippen LogP contribution in [0.2, 0.25) is 0 Å². The van der Waals surface area contributed by atoms with Crippen molar-refractivity contribution in [1.82, 2.24) is 20.5 Å². The number of alkyl halides is 5. The normalized spacial score (nSPS) is 27.1. The molecular formula is C25H29F5N4O3. The number of benzene rings is 1. The number of rotatable bonds is 6. The van der Waals surface area contributed by atoms with Gasteiger partial charge in [0.1, 0.15) is 17.6 Å². The maximum Gasteiger partial charge on any atom is 0.410 e. The smallest absolute Gasteiger partial charge is 0.410 e. The van der Waals surface area contributed by atoms with Crippen molar-refractivity contribution in [2.24, 2.45) is 17.8 Å². The van der Waals surface area contributed by atoms with Gasteiger partial charge in [-0.05, 0) is 42.4 Å². The molecule has 2 N–H and O–H groups in total. The van der Waals surface area contributed by atoms with E-state index in [1.54, 1.807) is 18.2 Å².